The fraction of sp³-hybridized carbons (Fsp3) is 0.769. The molecule has 0 bridgehead atoms. The van der Waals surface area contributed by atoms with Crippen molar-refractivity contribution in [2.24, 2.45) is 0 Å². The molecule has 2 fully saturated rings. The molecule has 1 aliphatic carbocycles. The van der Waals surface area contributed by atoms with E-state index in [0.717, 1.165) is 17.4 Å². The van der Waals surface area contributed by atoms with Crippen LogP contribution in [0, 0.1) is 0 Å². The van der Waals surface area contributed by atoms with Crippen LogP contribution in [0.1, 0.15) is 57.8 Å². The highest BCUT2D eigenvalue weighted by Crippen LogP contribution is 2.42. The molecule has 0 radical (unpaired) electrons. The average Bonchev–Trinajstić information content (AvgIpc) is 3.01. The summed E-state index contributed by atoms with van der Waals surface area (Å²) in [6.45, 7) is 6.19. The molecule has 19 heavy (non-hydrogen) atoms. The van der Waals surface area contributed by atoms with Gasteiger partial charge in [0.2, 0.25) is 0 Å². The molecule has 3 rings (SSSR count). The Morgan fingerprint density at radius 2 is 2.11 bits per heavy atom. The number of rotatable bonds is 4. The lowest BCUT2D eigenvalue weighted by Gasteiger charge is -2.11. The highest BCUT2D eigenvalue weighted by Gasteiger charge is 2.36. The first kappa shape index (κ1) is 13.0. The van der Waals surface area contributed by atoms with Crippen molar-refractivity contribution >= 4 is 17.7 Å². The quantitative estimate of drug-likeness (QED) is 0.794. The Kier molecular flexibility index (Phi) is 3.28. The fourth-order valence-electron chi connectivity index (χ4n) is 2.38. The molecule has 2 atom stereocenters. The first-order chi connectivity index (χ1) is 9.06. The number of nitrogens with zero attached hydrogens (tertiary/aromatic N) is 3. The zero-order valence-corrected chi connectivity index (χ0v) is 12.3. The molecule has 1 saturated heterocycles. The molecule has 0 unspecified atom stereocenters. The van der Waals surface area contributed by atoms with E-state index in [1.54, 1.807) is 0 Å². The van der Waals surface area contributed by atoms with Crippen LogP contribution >= 0.6 is 11.8 Å². The summed E-state index contributed by atoms with van der Waals surface area (Å²) in [5, 5.41) is 9.34. The van der Waals surface area contributed by atoms with Crippen molar-refractivity contribution in [3.63, 3.8) is 0 Å². The number of esters is 1. The van der Waals surface area contributed by atoms with Gasteiger partial charge in [0.05, 0.1) is 0 Å². The standard InChI is InChI=1S/C13H19N3O2S/c1-7(2)11-14-15-13(16(11)9-4-5-9)19-10-6-8(3)18-12(10)17/h7-10H,4-6H2,1-3H3/t8-,10-/m0/s1. The molecule has 104 valence electrons. The van der Waals surface area contributed by atoms with E-state index in [1.807, 2.05) is 6.92 Å². The normalized spacial score (nSPS) is 27.1. The number of aromatic nitrogens is 3. The largest absolute Gasteiger partial charge is 0.462 e. The van der Waals surface area contributed by atoms with Gasteiger partial charge in [0.25, 0.3) is 0 Å². The van der Waals surface area contributed by atoms with E-state index in [2.05, 4.69) is 28.6 Å². The van der Waals surface area contributed by atoms with Crippen LogP contribution in [0.4, 0.5) is 0 Å². The second-order valence-electron chi connectivity index (χ2n) is 5.69. The van der Waals surface area contributed by atoms with Gasteiger partial charge in [-0.1, -0.05) is 25.6 Å². The Bertz CT molecular complexity index is 496. The number of carbonyl (C=O) groups is 1. The molecule has 0 N–H and O–H groups in total. The number of hydrogen-bond donors (Lipinski definition) is 0. The van der Waals surface area contributed by atoms with Gasteiger partial charge in [-0.15, -0.1) is 10.2 Å². The third-order valence-electron chi connectivity index (χ3n) is 3.49. The van der Waals surface area contributed by atoms with Gasteiger partial charge in [-0.05, 0) is 19.8 Å². The van der Waals surface area contributed by atoms with E-state index in [4.69, 9.17) is 4.74 Å². The lowest BCUT2D eigenvalue weighted by atomic mass is 10.2. The number of carbonyl (C=O) groups excluding carboxylic acids is 1. The van der Waals surface area contributed by atoms with Crippen LogP contribution < -0.4 is 0 Å². The number of ether oxygens (including phenoxy) is 1. The maximum atomic E-state index is 11.7. The molecule has 1 aromatic heterocycles. The van der Waals surface area contributed by atoms with Crippen molar-refractivity contribution in [2.75, 3.05) is 0 Å². The van der Waals surface area contributed by atoms with Crippen LogP contribution in [0.3, 0.4) is 0 Å². The van der Waals surface area contributed by atoms with Gasteiger partial charge in [0.15, 0.2) is 5.16 Å². The SMILES string of the molecule is CC(C)c1nnc(S[C@H]2C[C@H](C)OC2=O)n1C1CC1. The highest BCUT2D eigenvalue weighted by molar-refractivity contribution is 8.00. The predicted octanol–water partition coefficient (Wildman–Crippen LogP) is 2.53. The minimum atomic E-state index is -0.128. The van der Waals surface area contributed by atoms with Crippen molar-refractivity contribution in [3.8, 4) is 0 Å². The third-order valence-corrected chi connectivity index (χ3v) is 4.65. The minimum absolute atomic E-state index is 0.0202. The molecule has 1 aromatic rings. The molecule has 0 aromatic carbocycles. The molecule has 0 spiro atoms. The maximum Gasteiger partial charge on any atom is 0.319 e. The molecule has 5 nitrogen and oxygen atoms in total. The monoisotopic (exact) mass is 281 g/mol. The second-order valence-corrected chi connectivity index (χ2v) is 6.86. The van der Waals surface area contributed by atoms with Crippen LogP contribution in [0.2, 0.25) is 0 Å². The summed E-state index contributed by atoms with van der Waals surface area (Å²) >= 11 is 1.51. The first-order valence-corrected chi connectivity index (χ1v) is 7.76. The van der Waals surface area contributed by atoms with E-state index in [0.29, 0.717) is 12.0 Å². The van der Waals surface area contributed by atoms with Gasteiger partial charge >= 0.3 is 5.97 Å². The Morgan fingerprint density at radius 1 is 1.37 bits per heavy atom. The van der Waals surface area contributed by atoms with Crippen molar-refractivity contribution in [2.45, 2.75) is 68.5 Å². The van der Waals surface area contributed by atoms with Crippen LogP contribution in [0.25, 0.3) is 0 Å². The number of thioether (sulfide) groups is 1. The van der Waals surface area contributed by atoms with Crippen molar-refractivity contribution < 1.29 is 9.53 Å². The minimum Gasteiger partial charge on any atom is -0.462 e. The summed E-state index contributed by atoms with van der Waals surface area (Å²) < 4.78 is 7.43. The van der Waals surface area contributed by atoms with Gasteiger partial charge < -0.3 is 9.30 Å². The summed E-state index contributed by atoms with van der Waals surface area (Å²) in [5.74, 6) is 1.27. The Balaban J connectivity index is 1.83. The highest BCUT2D eigenvalue weighted by atomic mass is 32.2. The molecule has 6 heteroatoms. The topological polar surface area (TPSA) is 57.0 Å². The third kappa shape index (κ3) is 2.50. The van der Waals surface area contributed by atoms with Crippen molar-refractivity contribution in [3.05, 3.63) is 5.82 Å². The van der Waals surface area contributed by atoms with Crippen LogP contribution in [-0.4, -0.2) is 32.1 Å². The molecule has 0 amide bonds. The van der Waals surface area contributed by atoms with Gasteiger partial charge in [-0.3, -0.25) is 4.79 Å². The summed E-state index contributed by atoms with van der Waals surface area (Å²) in [7, 11) is 0. The van der Waals surface area contributed by atoms with Crippen LogP contribution in [-0.2, 0) is 9.53 Å². The lowest BCUT2D eigenvalue weighted by molar-refractivity contribution is -0.140. The molecule has 2 aliphatic rings. The molecule has 1 aliphatic heterocycles. The zero-order valence-electron chi connectivity index (χ0n) is 11.5. The van der Waals surface area contributed by atoms with Gasteiger partial charge in [0, 0.05) is 18.4 Å². The smallest absolute Gasteiger partial charge is 0.319 e. The molecule has 2 heterocycles. The maximum absolute atomic E-state index is 11.7. The fourth-order valence-corrected chi connectivity index (χ4v) is 3.60. The summed E-state index contributed by atoms with van der Waals surface area (Å²) in [6.07, 6.45) is 3.16. The number of hydrogen-bond acceptors (Lipinski definition) is 5. The van der Waals surface area contributed by atoms with Crippen molar-refractivity contribution in [1.82, 2.24) is 14.8 Å². The van der Waals surface area contributed by atoms with E-state index in [9.17, 15) is 4.79 Å². The van der Waals surface area contributed by atoms with Gasteiger partial charge in [-0.2, -0.15) is 0 Å². The first-order valence-electron chi connectivity index (χ1n) is 6.88. The predicted molar refractivity (Wildman–Crippen MR) is 72.2 cm³/mol. The molecule has 1 saturated carbocycles. The summed E-state index contributed by atoms with van der Waals surface area (Å²) in [4.78, 5) is 11.7. The Morgan fingerprint density at radius 3 is 2.63 bits per heavy atom. The van der Waals surface area contributed by atoms with Crippen molar-refractivity contribution in [1.29, 1.82) is 0 Å². The molecular weight excluding hydrogens is 262 g/mol. The zero-order chi connectivity index (χ0) is 13.6. The van der Waals surface area contributed by atoms with Gasteiger partial charge in [-0.25, -0.2) is 0 Å². The summed E-state index contributed by atoms with van der Waals surface area (Å²) in [5.41, 5.74) is 0. The van der Waals surface area contributed by atoms with E-state index >= 15 is 0 Å². The van der Waals surface area contributed by atoms with Crippen LogP contribution in [0.15, 0.2) is 5.16 Å². The lowest BCUT2D eigenvalue weighted by Crippen LogP contribution is -2.12. The Hall–Kier alpha value is -1.04. The molecular formula is C13H19N3O2S. The summed E-state index contributed by atoms with van der Waals surface area (Å²) in [6, 6.07) is 0.532. The van der Waals surface area contributed by atoms with E-state index < -0.39 is 0 Å². The van der Waals surface area contributed by atoms with Gasteiger partial charge in [0.1, 0.15) is 17.2 Å². The van der Waals surface area contributed by atoms with Crippen LogP contribution in [0.5, 0.6) is 0 Å². The van der Waals surface area contributed by atoms with E-state index in [1.165, 1.54) is 24.6 Å². The second kappa shape index (κ2) is 4.81. The number of cyclic esters (lactones) is 1. The Labute approximate surface area is 117 Å². The average molecular weight is 281 g/mol. The van der Waals surface area contributed by atoms with E-state index in [-0.39, 0.29) is 17.3 Å².